The predicted octanol–water partition coefficient (Wildman–Crippen LogP) is -0.398. The molecule has 0 amide bonds. The molecule has 2 heterocycles. The van der Waals surface area contributed by atoms with Gasteiger partial charge in [0, 0.05) is 6.54 Å². The highest BCUT2D eigenvalue weighted by molar-refractivity contribution is 5.28. The lowest BCUT2D eigenvalue weighted by atomic mass is 9.97. The van der Waals surface area contributed by atoms with Gasteiger partial charge in [0.15, 0.2) is 0 Å². The normalized spacial score (nSPS) is 17.8. The first-order valence-electron chi connectivity index (χ1n) is 6.34. The number of anilines is 1. The van der Waals surface area contributed by atoms with Crippen molar-refractivity contribution in [2.45, 2.75) is 19.8 Å². The Hall–Kier alpha value is -1.63. The molecule has 0 aliphatic carbocycles. The summed E-state index contributed by atoms with van der Waals surface area (Å²) in [7, 11) is 0. The van der Waals surface area contributed by atoms with E-state index in [9.17, 15) is 9.59 Å². The van der Waals surface area contributed by atoms with Crippen molar-refractivity contribution in [1.29, 1.82) is 0 Å². The maximum atomic E-state index is 11.4. The van der Waals surface area contributed by atoms with E-state index in [1.54, 1.807) is 0 Å². The summed E-state index contributed by atoms with van der Waals surface area (Å²) in [5.74, 6) is 0.744. The third kappa shape index (κ3) is 3.19. The molecule has 18 heavy (non-hydrogen) atoms. The minimum Gasteiger partial charge on any atom is -0.364 e. The molecule has 3 N–H and O–H groups in total. The quantitative estimate of drug-likeness (QED) is 0.679. The molecule has 1 aromatic rings. The van der Waals surface area contributed by atoms with Gasteiger partial charge in [-0.15, -0.1) is 5.10 Å². The second-order valence-electron chi connectivity index (χ2n) is 4.61. The van der Waals surface area contributed by atoms with E-state index < -0.39 is 11.2 Å². The van der Waals surface area contributed by atoms with Crippen LogP contribution in [0.2, 0.25) is 0 Å². The number of hydrogen-bond donors (Lipinski definition) is 3. The van der Waals surface area contributed by atoms with Crippen LogP contribution in [0.1, 0.15) is 19.8 Å². The van der Waals surface area contributed by atoms with Crippen LogP contribution in [0, 0.1) is 5.92 Å². The number of nitrogens with one attached hydrogen (secondary N) is 3. The number of piperidine rings is 1. The lowest BCUT2D eigenvalue weighted by Gasteiger charge is -2.30. The van der Waals surface area contributed by atoms with Crippen LogP contribution in [0.25, 0.3) is 0 Å². The van der Waals surface area contributed by atoms with E-state index in [0.29, 0.717) is 5.92 Å². The van der Waals surface area contributed by atoms with Crippen molar-refractivity contribution >= 4 is 5.82 Å². The molecule has 1 fully saturated rings. The van der Waals surface area contributed by atoms with Gasteiger partial charge in [0.05, 0.1) is 0 Å². The van der Waals surface area contributed by atoms with Crippen LogP contribution >= 0.6 is 0 Å². The zero-order chi connectivity index (χ0) is 13.0. The van der Waals surface area contributed by atoms with Crippen molar-refractivity contribution in [3.05, 3.63) is 20.8 Å². The highest BCUT2D eigenvalue weighted by Gasteiger charge is 2.18. The van der Waals surface area contributed by atoms with E-state index in [-0.39, 0.29) is 5.82 Å². The van der Waals surface area contributed by atoms with E-state index in [0.717, 1.165) is 39.0 Å². The smallest absolute Gasteiger partial charge is 0.342 e. The molecule has 0 aromatic carbocycles. The van der Waals surface area contributed by atoms with Gasteiger partial charge < -0.3 is 10.2 Å². The second-order valence-corrected chi connectivity index (χ2v) is 4.61. The summed E-state index contributed by atoms with van der Waals surface area (Å²) in [4.78, 5) is 26.8. The molecule has 1 aliphatic heterocycles. The highest BCUT2D eigenvalue weighted by atomic mass is 16.2. The lowest BCUT2D eigenvalue weighted by molar-refractivity contribution is 0.198. The van der Waals surface area contributed by atoms with E-state index >= 15 is 0 Å². The Bertz CT molecular complexity index is 487. The number of aromatic nitrogens is 3. The SMILES string of the molecule is CCN1CCC(CNc2n[nH]c(=O)[nH]c2=O)CC1. The van der Waals surface area contributed by atoms with Crippen molar-refractivity contribution < 1.29 is 0 Å². The highest BCUT2D eigenvalue weighted by Crippen LogP contribution is 2.16. The van der Waals surface area contributed by atoms with Crippen LogP contribution in [-0.2, 0) is 0 Å². The monoisotopic (exact) mass is 253 g/mol. The van der Waals surface area contributed by atoms with Gasteiger partial charge in [0.2, 0.25) is 5.82 Å². The standard InChI is InChI=1S/C11H19N5O2/c1-2-16-5-3-8(4-6-16)7-12-9-10(17)13-11(18)15-14-9/h8H,2-7H2,1H3,(H,12,14)(H2,13,15,17,18). The van der Waals surface area contributed by atoms with Crippen molar-refractivity contribution in [2.24, 2.45) is 5.92 Å². The average molecular weight is 253 g/mol. The minimum absolute atomic E-state index is 0.188. The molecule has 0 atom stereocenters. The van der Waals surface area contributed by atoms with Crippen LogP contribution in [0.5, 0.6) is 0 Å². The summed E-state index contributed by atoms with van der Waals surface area (Å²) in [5.41, 5.74) is -1.05. The number of aromatic amines is 2. The molecule has 0 unspecified atom stereocenters. The predicted molar refractivity (Wildman–Crippen MR) is 68.8 cm³/mol. The Kier molecular flexibility index (Phi) is 4.14. The number of H-pyrrole nitrogens is 2. The Balaban J connectivity index is 1.85. The fourth-order valence-corrected chi connectivity index (χ4v) is 2.22. The van der Waals surface area contributed by atoms with Gasteiger partial charge in [-0.3, -0.25) is 9.78 Å². The molecule has 2 rings (SSSR count). The zero-order valence-corrected chi connectivity index (χ0v) is 10.5. The lowest BCUT2D eigenvalue weighted by Crippen LogP contribution is -2.36. The van der Waals surface area contributed by atoms with Crippen molar-refractivity contribution in [2.75, 3.05) is 31.5 Å². The summed E-state index contributed by atoms with van der Waals surface area (Å²) in [6.07, 6.45) is 2.25. The molecule has 100 valence electrons. The Labute approximate surface area is 105 Å². The minimum atomic E-state index is -0.582. The first-order valence-corrected chi connectivity index (χ1v) is 6.34. The molecular formula is C11H19N5O2. The van der Waals surface area contributed by atoms with Crippen molar-refractivity contribution in [3.8, 4) is 0 Å². The molecular weight excluding hydrogens is 234 g/mol. The Morgan fingerprint density at radius 2 is 2.11 bits per heavy atom. The molecule has 7 nitrogen and oxygen atoms in total. The topological polar surface area (TPSA) is 93.9 Å². The summed E-state index contributed by atoms with van der Waals surface area (Å²) < 4.78 is 0. The van der Waals surface area contributed by atoms with E-state index in [1.807, 2.05) is 0 Å². The van der Waals surface area contributed by atoms with Crippen LogP contribution in [0.3, 0.4) is 0 Å². The zero-order valence-electron chi connectivity index (χ0n) is 10.5. The average Bonchev–Trinajstić information content (AvgIpc) is 2.38. The van der Waals surface area contributed by atoms with Gasteiger partial charge in [0.25, 0.3) is 5.56 Å². The first-order chi connectivity index (χ1) is 8.69. The first kappa shape index (κ1) is 12.8. The van der Waals surface area contributed by atoms with Gasteiger partial charge in [-0.1, -0.05) is 6.92 Å². The summed E-state index contributed by atoms with van der Waals surface area (Å²) in [6.45, 7) is 6.21. The van der Waals surface area contributed by atoms with Crippen LogP contribution in [-0.4, -0.2) is 46.3 Å². The summed E-state index contributed by atoms with van der Waals surface area (Å²) >= 11 is 0. The van der Waals surface area contributed by atoms with Crippen LogP contribution in [0.4, 0.5) is 5.82 Å². The maximum Gasteiger partial charge on any atom is 0.342 e. The number of hydrogen-bond acceptors (Lipinski definition) is 5. The molecule has 0 spiro atoms. The van der Waals surface area contributed by atoms with Gasteiger partial charge in [-0.2, -0.15) is 0 Å². The number of likely N-dealkylation sites (tertiary alicyclic amines) is 1. The van der Waals surface area contributed by atoms with Gasteiger partial charge >= 0.3 is 5.69 Å². The number of nitrogens with zero attached hydrogens (tertiary/aromatic N) is 2. The Morgan fingerprint density at radius 1 is 1.39 bits per heavy atom. The Morgan fingerprint density at radius 3 is 2.72 bits per heavy atom. The molecule has 1 aliphatic rings. The largest absolute Gasteiger partial charge is 0.364 e. The fourth-order valence-electron chi connectivity index (χ4n) is 2.22. The van der Waals surface area contributed by atoms with Crippen molar-refractivity contribution in [3.63, 3.8) is 0 Å². The molecule has 0 saturated carbocycles. The summed E-state index contributed by atoms with van der Waals surface area (Å²) in [6, 6.07) is 0. The maximum absolute atomic E-state index is 11.4. The van der Waals surface area contributed by atoms with E-state index in [2.05, 4.69) is 32.3 Å². The third-order valence-electron chi connectivity index (χ3n) is 3.42. The molecule has 0 radical (unpaired) electrons. The molecule has 1 aromatic heterocycles. The molecule has 0 bridgehead atoms. The van der Waals surface area contributed by atoms with Gasteiger partial charge in [-0.05, 0) is 38.4 Å². The number of rotatable bonds is 4. The van der Waals surface area contributed by atoms with Gasteiger partial charge in [0.1, 0.15) is 0 Å². The van der Waals surface area contributed by atoms with E-state index in [1.165, 1.54) is 0 Å². The third-order valence-corrected chi connectivity index (χ3v) is 3.42. The van der Waals surface area contributed by atoms with E-state index in [4.69, 9.17) is 0 Å². The fraction of sp³-hybridized carbons (Fsp3) is 0.727. The summed E-state index contributed by atoms with van der Waals surface area (Å²) in [5, 5.41) is 8.90. The van der Waals surface area contributed by atoms with Crippen molar-refractivity contribution in [1.82, 2.24) is 20.1 Å². The second kappa shape index (κ2) is 5.81. The van der Waals surface area contributed by atoms with Crippen LogP contribution in [0.15, 0.2) is 9.59 Å². The molecule has 1 saturated heterocycles. The van der Waals surface area contributed by atoms with Gasteiger partial charge in [-0.25, -0.2) is 9.89 Å². The molecule has 7 heteroatoms. The van der Waals surface area contributed by atoms with Crippen LogP contribution < -0.4 is 16.6 Å².